The first-order valence-electron chi connectivity index (χ1n) is 7.58. The Morgan fingerprint density at radius 2 is 1.74 bits per heavy atom. The molecule has 0 spiro atoms. The quantitative estimate of drug-likeness (QED) is 0.642. The minimum Gasteiger partial charge on any atom is -0.507 e. The number of esters is 2. The Kier molecular flexibility index (Phi) is 6.82. The van der Waals surface area contributed by atoms with Gasteiger partial charge < -0.3 is 14.6 Å². The molecule has 0 radical (unpaired) electrons. The van der Waals surface area contributed by atoms with Gasteiger partial charge in [-0.3, -0.25) is 9.59 Å². The summed E-state index contributed by atoms with van der Waals surface area (Å²) >= 11 is 0. The van der Waals surface area contributed by atoms with Crippen LogP contribution in [-0.4, -0.2) is 23.7 Å². The third kappa shape index (κ3) is 5.77. The number of phenolic OH excluding ortho intramolecular Hbond substituents is 1. The van der Waals surface area contributed by atoms with Gasteiger partial charge in [-0.15, -0.1) is 0 Å². The van der Waals surface area contributed by atoms with Crippen LogP contribution < -0.4 is 0 Å². The van der Waals surface area contributed by atoms with Gasteiger partial charge in [-0.05, 0) is 18.6 Å². The van der Waals surface area contributed by atoms with Gasteiger partial charge in [0.15, 0.2) is 0 Å². The zero-order chi connectivity index (χ0) is 17.6. The Labute approximate surface area is 136 Å². The molecular weight excluding hydrogens is 296 g/mol. The number of ether oxygens (including phenoxy) is 2. The predicted octanol–water partition coefficient (Wildman–Crippen LogP) is 3.44. The highest BCUT2D eigenvalue weighted by atomic mass is 16.5. The number of phenols is 1. The first kappa shape index (κ1) is 18.7. The molecule has 0 saturated heterocycles. The summed E-state index contributed by atoms with van der Waals surface area (Å²) in [5.41, 5.74) is 1.78. The van der Waals surface area contributed by atoms with E-state index in [2.05, 4.69) is 0 Å². The molecule has 0 aliphatic heterocycles. The SMILES string of the molecule is Cc1ccc(C(=COC(=O)C(C)C)COC(=O)C(C)C)c(O)c1. The maximum absolute atomic E-state index is 11.6. The lowest BCUT2D eigenvalue weighted by atomic mass is 10.0. The number of aromatic hydroxyl groups is 1. The molecule has 0 bridgehead atoms. The van der Waals surface area contributed by atoms with Crippen molar-refractivity contribution in [2.45, 2.75) is 34.6 Å². The largest absolute Gasteiger partial charge is 0.507 e. The summed E-state index contributed by atoms with van der Waals surface area (Å²) in [6.45, 7) is 8.67. The molecule has 0 atom stereocenters. The van der Waals surface area contributed by atoms with Gasteiger partial charge in [-0.1, -0.05) is 39.8 Å². The number of carbonyl (C=O) groups excluding carboxylic acids is 2. The Bertz CT molecular complexity index is 599. The van der Waals surface area contributed by atoms with Crippen LogP contribution in [0.15, 0.2) is 24.5 Å². The minimum atomic E-state index is -0.399. The van der Waals surface area contributed by atoms with Gasteiger partial charge in [-0.25, -0.2) is 0 Å². The molecule has 0 unspecified atom stereocenters. The fourth-order valence-electron chi connectivity index (χ4n) is 1.67. The molecule has 5 nitrogen and oxygen atoms in total. The molecule has 0 aromatic heterocycles. The van der Waals surface area contributed by atoms with Crippen molar-refractivity contribution in [3.63, 3.8) is 0 Å². The zero-order valence-corrected chi connectivity index (χ0v) is 14.3. The summed E-state index contributed by atoms with van der Waals surface area (Å²) < 4.78 is 10.3. The van der Waals surface area contributed by atoms with Crippen molar-refractivity contribution in [1.29, 1.82) is 0 Å². The molecule has 0 amide bonds. The first-order chi connectivity index (χ1) is 10.7. The van der Waals surface area contributed by atoms with E-state index in [0.717, 1.165) is 5.56 Å². The van der Waals surface area contributed by atoms with Gasteiger partial charge in [0, 0.05) is 11.1 Å². The molecule has 1 N–H and O–H groups in total. The molecule has 126 valence electrons. The van der Waals surface area contributed by atoms with E-state index in [0.29, 0.717) is 11.1 Å². The van der Waals surface area contributed by atoms with Crippen LogP contribution >= 0.6 is 0 Å². The molecule has 0 aliphatic rings. The van der Waals surface area contributed by atoms with Crippen LogP contribution in [0.3, 0.4) is 0 Å². The number of hydrogen-bond donors (Lipinski definition) is 1. The summed E-state index contributed by atoms with van der Waals surface area (Å²) in [4.78, 5) is 23.3. The smallest absolute Gasteiger partial charge is 0.313 e. The Hall–Kier alpha value is -2.30. The third-order valence-corrected chi connectivity index (χ3v) is 3.13. The van der Waals surface area contributed by atoms with Gasteiger partial charge in [0.05, 0.1) is 11.8 Å². The summed E-state index contributed by atoms with van der Waals surface area (Å²) in [5.74, 6) is -1.27. The Balaban J connectivity index is 3.02. The first-order valence-corrected chi connectivity index (χ1v) is 7.58. The fourth-order valence-corrected chi connectivity index (χ4v) is 1.67. The molecular formula is C18H24O5. The van der Waals surface area contributed by atoms with Gasteiger partial charge in [0.25, 0.3) is 0 Å². The van der Waals surface area contributed by atoms with E-state index in [4.69, 9.17) is 9.47 Å². The van der Waals surface area contributed by atoms with Crippen LogP contribution in [0.25, 0.3) is 5.57 Å². The van der Waals surface area contributed by atoms with Crippen LogP contribution in [0.5, 0.6) is 5.75 Å². The van der Waals surface area contributed by atoms with E-state index in [1.54, 1.807) is 39.8 Å². The highest BCUT2D eigenvalue weighted by molar-refractivity contribution is 5.78. The second-order valence-electron chi connectivity index (χ2n) is 6.02. The average molecular weight is 320 g/mol. The van der Waals surface area contributed by atoms with Crippen molar-refractivity contribution in [2.75, 3.05) is 6.61 Å². The Morgan fingerprint density at radius 3 is 2.26 bits per heavy atom. The summed E-state index contributed by atoms with van der Waals surface area (Å²) in [6.07, 6.45) is 1.24. The van der Waals surface area contributed by atoms with Crippen LogP contribution in [-0.2, 0) is 19.1 Å². The number of carbonyl (C=O) groups is 2. The standard InChI is InChI=1S/C18H24O5/c1-11(2)17(20)22-9-14(10-23-18(21)12(3)4)15-7-6-13(5)8-16(15)19/h6-9,11-12,19H,10H2,1-5H3. The van der Waals surface area contributed by atoms with Crippen LogP contribution in [0.2, 0.25) is 0 Å². The topological polar surface area (TPSA) is 72.8 Å². The third-order valence-electron chi connectivity index (χ3n) is 3.13. The minimum absolute atomic E-state index is 0.0393. The molecule has 1 rings (SSSR count). The zero-order valence-electron chi connectivity index (χ0n) is 14.3. The van der Waals surface area contributed by atoms with Gasteiger partial charge >= 0.3 is 11.9 Å². The van der Waals surface area contributed by atoms with E-state index < -0.39 is 5.97 Å². The molecule has 23 heavy (non-hydrogen) atoms. The van der Waals surface area contributed by atoms with E-state index in [-0.39, 0.29) is 30.2 Å². The highest BCUT2D eigenvalue weighted by Gasteiger charge is 2.15. The van der Waals surface area contributed by atoms with E-state index in [1.165, 1.54) is 6.26 Å². The second kappa shape index (κ2) is 8.36. The lowest BCUT2D eigenvalue weighted by Gasteiger charge is -2.13. The Morgan fingerprint density at radius 1 is 1.13 bits per heavy atom. The number of hydrogen-bond acceptors (Lipinski definition) is 5. The molecule has 0 aliphatic carbocycles. The van der Waals surface area contributed by atoms with Crippen molar-refractivity contribution in [3.05, 3.63) is 35.6 Å². The van der Waals surface area contributed by atoms with Crippen LogP contribution in [0.4, 0.5) is 0 Å². The van der Waals surface area contributed by atoms with E-state index >= 15 is 0 Å². The molecule has 0 saturated carbocycles. The number of rotatable bonds is 6. The van der Waals surface area contributed by atoms with Crippen molar-refractivity contribution >= 4 is 17.5 Å². The summed E-state index contributed by atoms with van der Waals surface area (Å²) in [5, 5.41) is 10.1. The molecule has 0 heterocycles. The van der Waals surface area contributed by atoms with Gasteiger partial charge in [0.2, 0.25) is 0 Å². The van der Waals surface area contributed by atoms with Crippen molar-refractivity contribution in [2.24, 2.45) is 11.8 Å². The molecule has 0 fully saturated rings. The van der Waals surface area contributed by atoms with Gasteiger partial charge in [0.1, 0.15) is 18.6 Å². The lowest BCUT2D eigenvalue weighted by molar-refractivity contribution is -0.145. The van der Waals surface area contributed by atoms with Gasteiger partial charge in [-0.2, -0.15) is 0 Å². The second-order valence-corrected chi connectivity index (χ2v) is 6.02. The lowest BCUT2D eigenvalue weighted by Crippen LogP contribution is -2.14. The van der Waals surface area contributed by atoms with Crippen LogP contribution in [0.1, 0.15) is 38.8 Å². The molecule has 5 heteroatoms. The maximum Gasteiger partial charge on any atom is 0.313 e. The van der Waals surface area contributed by atoms with Crippen molar-refractivity contribution in [3.8, 4) is 5.75 Å². The normalized spacial score (nSPS) is 11.7. The highest BCUT2D eigenvalue weighted by Crippen LogP contribution is 2.27. The fraction of sp³-hybridized carbons (Fsp3) is 0.444. The van der Waals surface area contributed by atoms with Crippen LogP contribution in [0, 0.1) is 18.8 Å². The average Bonchev–Trinajstić information content (AvgIpc) is 2.47. The summed E-state index contributed by atoms with van der Waals surface area (Å²) in [7, 11) is 0. The number of aryl methyl sites for hydroxylation is 1. The predicted molar refractivity (Wildman–Crippen MR) is 87.5 cm³/mol. The van der Waals surface area contributed by atoms with Crippen molar-refractivity contribution in [1.82, 2.24) is 0 Å². The summed E-state index contributed by atoms with van der Waals surface area (Å²) in [6, 6.07) is 5.11. The molecule has 1 aromatic rings. The molecule has 1 aromatic carbocycles. The van der Waals surface area contributed by atoms with Crippen molar-refractivity contribution < 1.29 is 24.2 Å². The monoisotopic (exact) mass is 320 g/mol. The number of benzene rings is 1. The maximum atomic E-state index is 11.6. The van der Waals surface area contributed by atoms with E-state index in [9.17, 15) is 14.7 Å². The van der Waals surface area contributed by atoms with E-state index in [1.807, 2.05) is 13.0 Å².